The minimum Gasteiger partial charge on any atom is -0.339 e. The monoisotopic (exact) mass is 423 g/mol. The van der Waals surface area contributed by atoms with Crippen LogP contribution >= 0.6 is 12.4 Å². The number of likely N-dealkylation sites (tertiary alicyclic amines) is 1. The van der Waals surface area contributed by atoms with E-state index in [1.165, 1.54) is 0 Å². The molecule has 3 N–H and O–H groups in total. The molecular formula is C20H26ClN3O3S. The summed E-state index contributed by atoms with van der Waals surface area (Å²) in [6.45, 7) is 4.93. The molecule has 0 unspecified atom stereocenters. The van der Waals surface area contributed by atoms with E-state index in [0.29, 0.717) is 29.9 Å². The summed E-state index contributed by atoms with van der Waals surface area (Å²) in [4.78, 5) is 14.6. The van der Waals surface area contributed by atoms with Crippen molar-refractivity contribution in [3.63, 3.8) is 0 Å². The molecule has 1 aliphatic rings. The van der Waals surface area contributed by atoms with Crippen LogP contribution in [0.5, 0.6) is 0 Å². The van der Waals surface area contributed by atoms with Gasteiger partial charge in [-0.15, -0.1) is 12.4 Å². The molecule has 28 heavy (non-hydrogen) atoms. The number of nitrogens with one attached hydrogen (secondary N) is 1. The van der Waals surface area contributed by atoms with Gasteiger partial charge in [-0.3, -0.25) is 9.52 Å². The third kappa shape index (κ3) is 5.04. The van der Waals surface area contributed by atoms with Crippen LogP contribution in [0.15, 0.2) is 47.4 Å². The molecule has 1 heterocycles. The Morgan fingerprint density at radius 2 is 1.68 bits per heavy atom. The van der Waals surface area contributed by atoms with Gasteiger partial charge in [-0.05, 0) is 68.1 Å². The van der Waals surface area contributed by atoms with Crippen LogP contribution in [0, 0.1) is 13.8 Å². The minimum absolute atomic E-state index is 0. The van der Waals surface area contributed by atoms with Crippen molar-refractivity contribution in [3.05, 3.63) is 59.2 Å². The van der Waals surface area contributed by atoms with Gasteiger partial charge in [-0.2, -0.15) is 0 Å². The topological polar surface area (TPSA) is 92.5 Å². The van der Waals surface area contributed by atoms with Crippen molar-refractivity contribution in [2.24, 2.45) is 5.73 Å². The number of benzene rings is 2. The summed E-state index contributed by atoms with van der Waals surface area (Å²) in [6.07, 6.45) is 1.61. The summed E-state index contributed by atoms with van der Waals surface area (Å²) in [5.41, 5.74) is 8.41. The molecule has 1 fully saturated rings. The number of rotatable bonds is 4. The molecular weight excluding hydrogens is 398 g/mol. The van der Waals surface area contributed by atoms with Crippen molar-refractivity contribution in [2.45, 2.75) is 37.6 Å². The Morgan fingerprint density at radius 3 is 2.29 bits per heavy atom. The average Bonchev–Trinajstić information content (AvgIpc) is 2.64. The lowest BCUT2D eigenvalue weighted by atomic mass is 10.0. The van der Waals surface area contributed by atoms with Gasteiger partial charge in [0.05, 0.1) is 4.90 Å². The first-order valence-electron chi connectivity index (χ1n) is 9.01. The number of nitrogens with zero attached hydrogens (tertiary/aromatic N) is 1. The number of amides is 1. The normalized spacial score (nSPS) is 15.0. The lowest BCUT2D eigenvalue weighted by molar-refractivity contribution is 0.0715. The first kappa shape index (κ1) is 22.2. The molecule has 152 valence electrons. The third-order valence-electron chi connectivity index (χ3n) is 4.84. The molecule has 1 aliphatic heterocycles. The Labute approximate surface area is 172 Å². The van der Waals surface area contributed by atoms with Crippen molar-refractivity contribution < 1.29 is 13.2 Å². The van der Waals surface area contributed by atoms with Crippen LogP contribution in [0.4, 0.5) is 5.69 Å². The van der Waals surface area contributed by atoms with Gasteiger partial charge in [-0.1, -0.05) is 12.1 Å². The lowest BCUT2D eigenvalue weighted by Gasteiger charge is -2.30. The highest BCUT2D eigenvalue weighted by molar-refractivity contribution is 7.92. The molecule has 1 saturated heterocycles. The lowest BCUT2D eigenvalue weighted by Crippen LogP contribution is -2.42. The van der Waals surface area contributed by atoms with E-state index < -0.39 is 10.0 Å². The maximum atomic E-state index is 12.7. The minimum atomic E-state index is -3.69. The smallest absolute Gasteiger partial charge is 0.262 e. The van der Waals surface area contributed by atoms with Crippen LogP contribution < -0.4 is 10.5 Å². The largest absolute Gasteiger partial charge is 0.339 e. The molecule has 3 rings (SSSR count). The second-order valence-electron chi connectivity index (χ2n) is 7.08. The molecule has 2 aromatic rings. The van der Waals surface area contributed by atoms with Gasteiger partial charge in [0.25, 0.3) is 15.9 Å². The van der Waals surface area contributed by atoms with Crippen molar-refractivity contribution in [1.82, 2.24) is 4.90 Å². The summed E-state index contributed by atoms with van der Waals surface area (Å²) in [7, 11) is -3.69. The van der Waals surface area contributed by atoms with Crippen molar-refractivity contribution in [3.8, 4) is 0 Å². The predicted molar refractivity (Wildman–Crippen MR) is 114 cm³/mol. The fourth-order valence-corrected chi connectivity index (χ4v) is 4.56. The maximum Gasteiger partial charge on any atom is 0.262 e. The fourth-order valence-electron chi connectivity index (χ4n) is 3.17. The number of carbonyl (C=O) groups excluding carboxylic acids is 1. The van der Waals surface area contributed by atoms with E-state index in [4.69, 9.17) is 5.73 Å². The Balaban J connectivity index is 0.00000280. The maximum absolute atomic E-state index is 12.7. The predicted octanol–water partition coefficient (Wildman–Crippen LogP) is 3.09. The van der Waals surface area contributed by atoms with Crippen LogP contribution in [0.2, 0.25) is 0 Å². The molecule has 6 nitrogen and oxygen atoms in total. The van der Waals surface area contributed by atoms with E-state index in [1.54, 1.807) is 48.2 Å². The van der Waals surface area contributed by atoms with Gasteiger partial charge in [0.2, 0.25) is 0 Å². The molecule has 0 spiro atoms. The highest BCUT2D eigenvalue weighted by Crippen LogP contribution is 2.21. The van der Waals surface area contributed by atoms with E-state index in [0.717, 1.165) is 18.4 Å². The van der Waals surface area contributed by atoms with Crippen molar-refractivity contribution >= 4 is 34.0 Å². The Hall–Kier alpha value is -2.09. The number of hydrogen-bond acceptors (Lipinski definition) is 4. The second kappa shape index (κ2) is 8.94. The van der Waals surface area contributed by atoms with Gasteiger partial charge in [-0.25, -0.2) is 8.42 Å². The third-order valence-corrected chi connectivity index (χ3v) is 6.37. The summed E-state index contributed by atoms with van der Waals surface area (Å²) >= 11 is 0. The summed E-state index contributed by atoms with van der Waals surface area (Å²) in [5.74, 6) is -0.0502. The number of nitrogens with two attached hydrogens (primary N) is 1. The number of carbonyl (C=O) groups is 1. The van der Waals surface area contributed by atoms with Gasteiger partial charge < -0.3 is 10.6 Å². The highest BCUT2D eigenvalue weighted by atomic mass is 35.5. The van der Waals surface area contributed by atoms with Crippen LogP contribution in [0.3, 0.4) is 0 Å². The number of piperidine rings is 1. The summed E-state index contributed by atoms with van der Waals surface area (Å²) in [6, 6.07) is 12.0. The van der Waals surface area contributed by atoms with E-state index >= 15 is 0 Å². The molecule has 0 aromatic heterocycles. The Kier molecular flexibility index (Phi) is 7.09. The number of halogens is 1. The molecule has 0 bridgehead atoms. The van der Waals surface area contributed by atoms with Gasteiger partial charge in [0, 0.05) is 30.4 Å². The summed E-state index contributed by atoms with van der Waals surface area (Å²) < 4.78 is 27.9. The molecule has 8 heteroatoms. The van der Waals surface area contributed by atoms with E-state index in [-0.39, 0.29) is 29.3 Å². The Morgan fingerprint density at radius 1 is 1.07 bits per heavy atom. The number of anilines is 1. The zero-order valence-corrected chi connectivity index (χ0v) is 17.6. The van der Waals surface area contributed by atoms with Crippen molar-refractivity contribution in [2.75, 3.05) is 17.8 Å². The number of aryl methyl sites for hydroxylation is 2. The molecule has 0 radical (unpaired) electrons. The van der Waals surface area contributed by atoms with Crippen LogP contribution in [0.25, 0.3) is 0 Å². The van der Waals surface area contributed by atoms with Crippen molar-refractivity contribution in [1.29, 1.82) is 0 Å². The Bertz CT molecular complexity index is 938. The van der Waals surface area contributed by atoms with Crippen LogP contribution in [-0.4, -0.2) is 38.4 Å². The zero-order valence-electron chi connectivity index (χ0n) is 16.0. The molecule has 0 saturated carbocycles. The SMILES string of the molecule is Cc1ccc(C)c(S(=O)(=O)Nc2ccc(C(=O)N3CCC(N)CC3)cc2)c1.Cl. The number of hydrogen-bond donors (Lipinski definition) is 2. The molecule has 0 atom stereocenters. The fraction of sp³-hybridized carbons (Fsp3) is 0.350. The zero-order chi connectivity index (χ0) is 19.6. The van der Waals surface area contributed by atoms with Crippen LogP contribution in [-0.2, 0) is 10.0 Å². The van der Waals surface area contributed by atoms with E-state index in [1.807, 2.05) is 13.0 Å². The van der Waals surface area contributed by atoms with E-state index in [9.17, 15) is 13.2 Å². The van der Waals surface area contributed by atoms with E-state index in [2.05, 4.69) is 4.72 Å². The summed E-state index contributed by atoms with van der Waals surface area (Å²) in [5, 5.41) is 0. The molecule has 1 amide bonds. The molecule has 2 aromatic carbocycles. The molecule has 0 aliphatic carbocycles. The highest BCUT2D eigenvalue weighted by Gasteiger charge is 2.22. The second-order valence-corrected chi connectivity index (χ2v) is 8.73. The van der Waals surface area contributed by atoms with Gasteiger partial charge >= 0.3 is 0 Å². The number of sulfonamides is 1. The van der Waals surface area contributed by atoms with Crippen LogP contribution in [0.1, 0.15) is 34.3 Å². The van der Waals surface area contributed by atoms with Gasteiger partial charge in [0.1, 0.15) is 0 Å². The first-order chi connectivity index (χ1) is 12.8. The quantitative estimate of drug-likeness (QED) is 0.790. The van der Waals surface area contributed by atoms with Gasteiger partial charge in [0.15, 0.2) is 0 Å². The first-order valence-corrected chi connectivity index (χ1v) is 10.5. The average molecular weight is 424 g/mol. The standard InChI is InChI=1S/C20H25N3O3S.ClH/c1-14-3-4-15(2)19(13-14)27(25,26)22-18-7-5-16(6-8-18)20(24)23-11-9-17(21)10-12-23;/h3-8,13,17,22H,9-12,21H2,1-2H3;1H.